The first-order chi connectivity index (χ1) is 18.2. The summed E-state index contributed by atoms with van der Waals surface area (Å²) in [5.74, 6) is 3.48. The molecule has 2 saturated heterocycles. The predicted molar refractivity (Wildman–Crippen MR) is 153 cm³/mol. The zero-order chi connectivity index (χ0) is 27.2. The van der Waals surface area contributed by atoms with Crippen molar-refractivity contribution in [2.75, 3.05) is 0 Å². The Morgan fingerprint density at radius 3 is 1.38 bits per heavy atom. The number of fused-ring (bicyclic) bond motifs is 2. The van der Waals surface area contributed by atoms with Gasteiger partial charge in [-0.15, -0.1) is 0 Å². The van der Waals surface area contributed by atoms with Crippen LogP contribution in [0.1, 0.15) is 79.4 Å². The summed E-state index contributed by atoms with van der Waals surface area (Å²) in [7, 11) is -0.560. The summed E-state index contributed by atoms with van der Waals surface area (Å²) in [5.41, 5.74) is 5.67. The van der Waals surface area contributed by atoms with Crippen molar-refractivity contribution in [2.24, 2.45) is 29.1 Å². The first-order valence-electron chi connectivity index (χ1n) is 15.1. The van der Waals surface area contributed by atoms with Gasteiger partial charge < -0.3 is 18.6 Å². The van der Waals surface area contributed by atoms with Crippen molar-refractivity contribution >= 4 is 25.2 Å². The third-order valence-corrected chi connectivity index (χ3v) is 13.9. The first kappa shape index (κ1) is 24.1. The second-order valence-electron chi connectivity index (χ2n) is 16.0. The molecule has 6 heteroatoms. The molecular weight excluding hydrogens is 482 g/mol. The van der Waals surface area contributed by atoms with E-state index in [1.807, 2.05) is 0 Å². The highest BCUT2D eigenvalue weighted by Gasteiger charge is 3.06. The molecule has 5 aliphatic carbocycles. The minimum atomic E-state index is -0.304. The largest absolute Gasteiger partial charge is 0.494 e. The summed E-state index contributed by atoms with van der Waals surface area (Å²) in [6.45, 7) is 17.0. The van der Waals surface area contributed by atoms with Crippen molar-refractivity contribution in [3.8, 4) is 0 Å². The second kappa shape index (κ2) is 6.41. The van der Waals surface area contributed by atoms with Crippen molar-refractivity contribution < 1.29 is 18.6 Å². The maximum atomic E-state index is 6.32. The summed E-state index contributed by atoms with van der Waals surface area (Å²) >= 11 is 0. The van der Waals surface area contributed by atoms with E-state index in [0.29, 0.717) is 16.2 Å². The van der Waals surface area contributed by atoms with E-state index < -0.39 is 0 Å². The minimum Gasteiger partial charge on any atom is -0.399 e. The molecule has 4 nitrogen and oxygen atoms in total. The molecule has 2 aromatic rings. The normalized spacial score (nSPS) is 45.3. The molecule has 7 fully saturated rings. The fourth-order valence-electron chi connectivity index (χ4n) is 11.0. The SMILES string of the molecule is CC1(C)OB(c2ccc(C34CC56CC7C3C(C45)C76c3ccc(B4OC(C)(C)C(C)(C)O4)cc3)cc2)OC1(C)C. The average molecular weight is 522 g/mol. The zero-order valence-electron chi connectivity index (χ0n) is 24.6. The Balaban J connectivity index is 0.947. The molecule has 0 bridgehead atoms. The predicted octanol–water partition coefficient (Wildman–Crippen LogP) is 4.76. The molecule has 0 amide bonds. The molecule has 2 heterocycles. The van der Waals surface area contributed by atoms with Gasteiger partial charge in [-0.25, -0.2) is 0 Å². The number of benzene rings is 2. The third kappa shape index (κ3) is 2.25. The Morgan fingerprint density at radius 2 is 1.03 bits per heavy atom. The molecule has 0 N–H and O–H groups in total. The van der Waals surface area contributed by atoms with Gasteiger partial charge in [0.15, 0.2) is 0 Å². The Morgan fingerprint density at radius 1 is 0.590 bits per heavy atom. The van der Waals surface area contributed by atoms with E-state index in [1.54, 1.807) is 11.1 Å². The van der Waals surface area contributed by atoms with Gasteiger partial charge in [-0.2, -0.15) is 0 Å². The van der Waals surface area contributed by atoms with Crippen LogP contribution in [0.15, 0.2) is 48.5 Å². The van der Waals surface area contributed by atoms with Gasteiger partial charge in [0.2, 0.25) is 0 Å². The van der Waals surface area contributed by atoms with Gasteiger partial charge in [-0.1, -0.05) is 48.5 Å². The van der Waals surface area contributed by atoms with Gasteiger partial charge in [0.1, 0.15) is 0 Å². The molecule has 0 aromatic heterocycles. The quantitative estimate of drug-likeness (QED) is 0.543. The summed E-state index contributed by atoms with van der Waals surface area (Å²) in [6, 6.07) is 18.7. The van der Waals surface area contributed by atoms with Crippen molar-refractivity contribution in [3.05, 3.63) is 59.7 Å². The maximum Gasteiger partial charge on any atom is 0.494 e. The number of rotatable bonds is 4. The van der Waals surface area contributed by atoms with Crippen LogP contribution in [-0.4, -0.2) is 36.6 Å². The molecule has 5 saturated carbocycles. The molecule has 39 heavy (non-hydrogen) atoms. The monoisotopic (exact) mass is 522 g/mol. The van der Waals surface area contributed by atoms with E-state index in [4.69, 9.17) is 18.6 Å². The molecule has 1 spiro atoms. The van der Waals surface area contributed by atoms with Gasteiger partial charge in [-0.3, -0.25) is 0 Å². The summed E-state index contributed by atoms with van der Waals surface area (Å²) in [6.07, 6.45) is 2.82. The van der Waals surface area contributed by atoms with E-state index in [9.17, 15) is 0 Å². The van der Waals surface area contributed by atoms with Crippen LogP contribution in [0.4, 0.5) is 0 Å². The third-order valence-electron chi connectivity index (χ3n) is 13.9. The molecule has 0 radical (unpaired) electrons. The second-order valence-corrected chi connectivity index (χ2v) is 16.0. The average Bonchev–Trinajstić information content (AvgIpc) is 3.23. The van der Waals surface area contributed by atoms with Crippen LogP contribution in [0.2, 0.25) is 0 Å². The van der Waals surface area contributed by atoms with Gasteiger partial charge in [-0.05, 0) is 119 Å². The van der Waals surface area contributed by atoms with Crippen LogP contribution < -0.4 is 10.9 Å². The summed E-state index contributed by atoms with van der Waals surface area (Å²) < 4.78 is 25.3. The molecule has 7 atom stereocenters. The number of hydrogen-bond acceptors (Lipinski definition) is 4. The van der Waals surface area contributed by atoms with Crippen LogP contribution in [0, 0.1) is 29.1 Å². The zero-order valence-corrected chi connectivity index (χ0v) is 24.6. The maximum absolute atomic E-state index is 6.32. The highest BCUT2D eigenvalue weighted by Crippen LogP contribution is 3.08. The van der Waals surface area contributed by atoms with E-state index in [0.717, 1.165) is 34.6 Å². The first-order valence-corrected chi connectivity index (χ1v) is 15.1. The highest BCUT2D eigenvalue weighted by atomic mass is 16.7. The molecule has 2 aliphatic heterocycles. The lowest BCUT2D eigenvalue weighted by molar-refractivity contribution is -0.561. The number of hydrogen-bond donors (Lipinski definition) is 0. The fourth-order valence-corrected chi connectivity index (χ4v) is 11.0. The Bertz CT molecular complexity index is 1380. The smallest absolute Gasteiger partial charge is 0.399 e. The summed E-state index contributed by atoms with van der Waals surface area (Å²) in [5, 5.41) is 0. The lowest BCUT2D eigenvalue weighted by Crippen LogP contribution is -3.07. The lowest BCUT2D eigenvalue weighted by atomic mass is 8.94. The van der Waals surface area contributed by atoms with E-state index in [2.05, 4.69) is 104 Å². The highest BCUT2D eigenvalue weighted by molar-refractivity contribution is 6.62. The van der Waals surface area contributed by atoms with E-state index >= 15 is 0 Å². The van der Waals surface area contributed by atoms with Crippen LogP contribution in [0.3, 0.4) is 0 Å². The topological polar surface area (TPSA) is 36.9 Å². The van der Waals surface area contributed by atoms with Crippen LogP contribution in [0.25, 0.3) is 0 Å². The Labute approximate surface area is 233 Å². The molecule has 7 aliphatic rings. The molecule has 202 valence electrons. The fraction of sp³-hybridized carbons (Fsp3) is 0.636. The van der Waals surface area contributed by atoms with E-state index in [1.165, 1.54) is 12.8 Å². The summed E-state index contributed by atoms with van der Waals surface area (Å²) in [4.78, 5) is 0. The molecular formula is C33H40B2O4. The van der Waals surface area contributed by atoms with Crippen LogP contribution in [0.5, 0.6) is 0 Å². The van der Waals surface area contributed by atoms with Gasteiger partial charge >= 0.3 is 14.2 Å². The standard InChI is InChI=1S/C33H40B2O4/c1-27(2)28(3,4)37-34(36-27)21-13-9-19(10-14-21)32-18-31-17-23-24(32)25(26(31)32)33(23,31)20-11-15-22(16-12-20)35-38-29(5,6)30(7,8)39-35/h9-16,23-26H,17-18H2,1-8H3. The molecule has 9 rings (SSSR count). The van der Waals surface area contributed by atoms with E-state index in [-0.39, 0.29) is 36.6 Å². The molecule has 2 aromatic carbocycles. The van der Waals surface area contributed by atoms with Crippen molar-refractivity contribution in [3.63, 3.8) is 0 Å². The molecule has 7 unspecified atom stereocenters. The van der Waals surface area contributed by atoms with Gasteiger partial charge in [0.25, 0.3) is 0 Å². The van der Waals surface area contributed by atoms with Gasteiger partial charge in [0, 0.05) is 10.8 Å². The minimum absolute atomic E-state index is 0.280. The lowest BCUT2D eigenvalue weighted by Gasteiger charge is -3.09. The van der Waals surface area contributed by atoms with Gasteiger partial charge in [0.05, 0.1) is 22.4 Å². The van der Waals surface area contributed by atoms with Crippen LogP contribution >= 0.6 is 0 Å². The van der Waals surface area contributed by atoms with Crippen molar-refractivity contribution in [1.82, 2.24) is 0 Å². The Kier molecular flexibility index (Phi) is 3.95. The van der Waals surface area contributed by atoms with Crippen LogP contribution in [-0.2, 0) is 29.4 Å². The van der Waals surface area contributed by atoms with Crippen molar-refractivity contribution in [2.45, 2.75) is 101 Å². The Hall–Kier alpha value is -1.59. The van der Waals surface area contributed by atoms with Crippen molar-refractivity contribution in [1.29, 1.82) is 0 Å².